The minimum atomic E-state index is -0.939. The summed E-state index contributed by atoms with van der Waals surface area (Å²) < 4.78 is 5.11. The molecule has 1 heterocycles. The van der Waals surface area contributed by atoms with Gasteiger partial charge in [-0.1, -0.05) is 6.07 Å². The zero-order valence-corrected chi connectivity index (χ0v) is 8.88. The van der Waals surface area contributed by atoms with Crippen LogP contribution in [0.2, 0.25) is 0 Å². The number of pyridine rings is 1. The highest BCUT2D eigenvalue weighted by Crippen LogP contribution is 2.11. The average molecular weight is 226 g/mol. The van der Waals surface area contributed by atoms with Crippen LogP contribution in [-0.2, 0) is 4.79 Å². The minimum Gasteiger partial charge on any atom is -0.475 e. The smallest absolute Gasteiger partial charge is 0.222 e. The number of ether oxygens (including phenoxy) is 1. The van der Waals surface area contributed by atoms with Crippen molar-refractivity contribution < 1.29 is 19.7 Å². The Bertz CT molecular complexity index is 356. The molecular weight excluding hydrogens is 212 g/mol. The van der Waals surface area contributed by atoms with Gasteiger partial charge in [0.2, 0.25) is 11.8 Å². The molecule has 1 unspecified atom stereocenters. The lowest BCUT2D eigenvalue weighted by atomic mass is 10.4. The van der Waals surface area contributed by atoms with E-state index in [9.17, 15) is 4.79 Å². The topological polar surface area (TPSA) is 91.7 Å². The molecule has 0 saturated carbocycles. The Hall–Kier alpha value is -1.66. The molecule has 0 saturated heterocycles. The molecule has 0 radical (unpaired) electrons. The lowest BCUT2D eigenvalue weighted by Crippen LogP contribution is -2.21. The van der Waals surface area contributed by atoms with Crippen molar-refractivity contribution in [3.63, 3.8) is 0 Å². The Morgan fingerprint density at radius 1 is 1.62 bits per heavy atom. The molecule has 1 atom stereocenters. The van der Waals surface area contributed by atoms with Crippen molar-refractivity contribution in [2.75, 3.05) is 18.5 Å². The summed E-state index contributed by atoms with van der Waals surface area (Å²) in [6.07, 6.45) is -0.939. The summed E-state index contributed by atoms with van der Waals surface area (Å²) in [5.41, 5.74) is 0. The fraction of sp³-hybridized carbons (Fsp3) is 0.400. The Kier molecular flexibility index (Phi) is 4.68. The number of hydrogen-bond acceptors (Lipinski definition) is 5. The van der Waals surface area contributed by atoms with Crippen LogP contribution in [0.25, 0.3) is 0 Å². The van der Waals surface area contributed by atoms with Gasteiger partial charge in [-0.15, -0.1) is 0 Å². The summed E-state index contributed by atoms with van der Waals surface area (Å²) in [7, 11) is 0. The Morgan fingerprint density at radius 2 is 2.38 bits per heavy atom. The van der Waals surface area contributed by atoms with E-state index < -0.39 is 6.10 Å². The van der Waals surface area contributed by atoms with Crippen LogP contribution >= 0.6 is 0 Å². The predicted octanol–water partition coefficient (Wildman–Crippen LogP) is -0.228. The number of carbonyl (C=O) groups excluding carboxylic acids is 1. The molecule has 1 aromatic heterocycles. The van der Waals surface area contributed by atoms with Gasteiger partial charge >= 0.3 is 0 Å². The van der Waals surface area contributed by atoms with Gasteiger partial charge in [-0.25, -0.2) is 0 Å². The van der Waals surface area contributed by atoms with Gasteiger partial charge in [0.05, 0.1) is 6.61 Å². The number of nitrogens with one attached hydrogen (secondary N) is 1. The number of anilines is 1. The lowest BCUT2D eigenvalue weighted by molar-refractivity contribution is -0.114. The van der Waals surface area contributed by atoms with E-state index in [1.807, 2.05) is 0 Å². The van der Waals surface area contributed by atoms with E-state index in [2.05, 4.69) is 10.3 Å². The summed E-state index contributed by atoms with van der Waals surface area (Å²) in [6, 6.07) is 4.88. The fourth-order valence-electron chi connectivity index (χ4n) is 0.979. The van der Waals surface area contributed by atoms with Gasteiger partial charge in [0.1, 0.15) is 18.5 Å². The zero-order chi connectivity index (χ0) is 12.0. The molecule has 6 nitrogen and oxygen atoms in total. The van der Waals surface area contributed by atoms with Gasteiger partial charge in [-0.2, -0.15) is 4.98 Å². The monoisotopic (exact) mass is 226 g/mol. The summed E-state index contributed by atoms with van der Waals surface area (Å²) in [5.74, 6) is 0.433. The maximum absolute atomic E-state index is 10.8. The van der Waals surface area contributed by atoms with Crippen molar-refractivity contribution >= 4 is 11.7 Å². The molecule has 0 spiro atoms. The Balaban J connectivity index is 2.56. The number of rotatable bonds is 5. The van der Waals surface area contributed by atoms with Crippen LogP contribution in [0.3, 0.4) is 0 Å². The van der Waals surface area contributed by atoms with Crippen LogP contribution in [0.4, 0.5) is 5.82 Å². The second-order valence-electron chi connectivity index (χ2n) is 3.19. The van der Waals surface area contributed by atoms with E-state index in [0.717, 1.165) is 0 Å². The number of aliphatic hydroxyl groups is 2. The van der Waals surface area contributed by atoms with Gasteiger partial charge in [0.15, 0.2) is 0 Å². The molecule has 6 heteroatoms. The summed E-state index contributed by atoms with van der Waals surface area (Å²) in [4.78, 5) is 14.7. The van der Waals surface area contributed by atoms with E-state index in [-0.39, 0.29) is 25.0 Å². The van der Waals surface area contributed by atoms with Gasteiger partial charge in [0, 0.05) is 13.0 Å². The third-order valence-corrected chi connectivity index (χ3v) is 1.66. The first-order valence-corrected chi connectivity index (χ1v) is 4.78. The maximum atomic E-state index is 10.8. The highest BCUT2D eigenvalue weighted by Gasteiger charge is 2.04. The van der Waals surface area contributed by atoms with Gasteiger partial charge in [-0.3, -0.25) is 4.79 Å². The highest BCUT2D eigenvalue weighted by molar-refractivity contribution is 5.87. The number of nitrogens with zero attached hydrogens (tertiary/aromatic N) is 1. The van der Waals surface area contributed by atoms with Crippen LogP contribution in [-0.4, -0.2) is 40.4 Å². The first-order chi connectivity index (χ1) is 7.61. The molecule has 0 aromatic carbocycles. The van der Waals surface area contributed by atoms with Crippen molar-refractivity contribution in [3.05, 3.63) is 18.2 Å². The van der Waals surface area contributed by atoms with E-state index in [0.29, 0.717) is 5.82 Å². The first-order valence-electron chi connectivity index (χ1n) is 4.78. The van der Waals surface area contributed by atoms with Gasteiger partial charge < -0.3 is 20.3 Å². The summed E-state index contributed by atoms with van der Waals surface area (Å²) in [5, 5.41) is 20.1. The molecule has 16 heavy (non-hydrogen) atoms. The molecule has 0 bridgehead atoms. The number of aliphatic hydroxyl groups excluding tert-OH is 2. The third-order valence-electron chi connectivity index (χ3n) is 1.66. The van der Waals surface area contributed by atoms with Crippen molar-refractivity contribution in [3.8, 4) is 5.88 Å². The second-order valence-corrected chi connectivity index (χ2v) is 3.19. The lowest BCUT2D eigenvalue weighted by Gasteiger charge is -2.09. The largest absolute Gasteiger partial charge is 0.475 e. The standard InChI is InChI=1S/C10H14N2O4/c1-7(14)11-9-3-2-4-10(12-9)16-6-8(15)5-13/h2-4,8,13,15H,5-6H2,1H3,(H,11,12,14). The molecule has 88 valence electrons. The normalized spacial score (nSPS) is 11.9. The number of aromatic nitrogens is 1. The maximum Gasteiger partial charge on any atom is 0.222 e. The predicted molar refractivity (Wildman–Crippen MR) is 57.1 cm³/mol. The molecule has 0 aliphatic rings. The van der Waals surface area contributed by atoms with Crippen LogP contribution in [0.5, 0.6) is 5.88 Å². The van der Waals surface area contributed by atoms with E-state index in [4.69, 9.17) is 14.9 Å². The molecule has 3 N–H and O–H groups in total. The minimum absolute atomic E-state index is 0.0486. The Morgan fingerprint density at radius 3 is 3.00 bits per heavy atom. The summed E-state index contributed by atoms with van der Waals surface area (Å²) in [6.45, 7) is 0.961. The number of hydrogen-bond donors (Lipinski definition) is 3. The number of carbonyl (C=O) groups is 1. The molecule has 0 fully saturated rings. The van der Waals surface area contributed by atoms with E-state index in [1.54, 1.807) is 18.2 Å². The average Bonchev–Trinajstić information content (AvgIpc) is 2.25. The first kappa shape index (κ1) is 12.4. The molecule has 1 rings (SSSR count). The SMILES string of the molecule is CC(=O)Nc1cccc(OCC(O)CO)n1. The molecule has 0 aliphatic carbocycles. The molecular formula is C10H14N2O4. The molecule has 1 aromatic rings. The Labute approximate surface area is 92.9 Å². The van der Waals surface area contributed by atoms with E-state index in [1.165, 1.54) is 6.92 Å². The molecule has 1 amide bonds. The zero-order valence-electron chi connectivity index (χ0n) is 8.88. The van der Waals surface area contributed by atoms with Crippen molar-refractivity contribution in [1.29, 1.82) is 0 Å². The highest BCUT2D eigenvalue weighted by atomic mass is 16.5. The van der Waals surface area contributed by atoms with E-state index >= 15 is 0 Å². The van der Waals surface area contributed by atoms with Crippen LogP contribution in [0.15, 0.2) is 18.2 Å². The van der Waals surface area contributed by atoms with Crippen molar-refractivity contribution in [2.24, 2.45) is 0 Å². The number of amides is 1. The van der Waals surface area contributed by atoms with Crippen LogP contribution in [0, 0.1) is 0 Å². The van der Waals surface area contributed by atoms with Crippen molar-refractivity contribution in [1.82, 2.24) is 4.98 Å². The third kappa shape index (κ3) is 4.24. The summed E-state index contributed by atoms with van der Waals surface area (Å²) >= 11 is 0. The van der Waals surface area contributed by atoms with Gasteiger partial charge in [0.25, 0.3) is 0 Å². The molecule has 0 aliphatic heterocycles. The fourth-order valence-corrected chi connectivity index (χ4v) is 0.979. The van der Waals surface area contributed by atoms with Gasteiger partial charge in [-0.05, 0) is 6.07 Å². The van der Waals surface area contributed by atoms with Crippen LogP contribution < -0.4 is 10.1 Å². The second kappa shape index (κ2) is 6.04. The van der Waals surface area contributed by atoms with Crippen LogP contribution in [0.1, 0.15) is 6.92 Å². The van der Waals surface area contributed by atoms with Crippen molar-refractivity contribution in [2.45, 2.75) is 13.0 Å². The quantitative estimate of drug-likeness (QED) is 0.645.